The first-order valence-electron chi connectivity index (χ1n) is 10.9. The number of hydrogen-bond acceptors (Lipinski definition) is 5. The van der Waals surface area contributed by atoms with Crippen molar-refractivity contribution in [2.45, 2.75) is 18.6 Å². The zero-order valence-electron chi connectivity index (χ0n) is 18.0. The van der Waals surface area contributed by atoms with Gasteiger partial charge in [0.15, 0.2) is 0 Å². The van der Waals surface area contributed by atoms with Gasteiger partial charge in [-0.15, -0.1) is 0 Å². The molecule has 2 heterocycles. The van der Waals surface area contributed by atoms with E-state index in [1.807, 2.05) is 0 Å². The van der Waals surface area contributed by atoms with E-state index in [0.29, 0.717) is 21.8 Å². The molecule has 7 heteroatoms. The van der Waals surface area contributed by atoms with Gasteiger partial charge in [-0.2, -0.15) is 0 Å². The summed E-state index contributed by atoms with van der Waals surface area (Å²) in [5, 5.41) is 0.461. The van der Waals surface area contributed by atoms with Crippen LogP contribution in [0.25, 0.3) is 0 Å². The number of fused-ring (bicyclic) bond motifs is 3. The molecule has 0 saturated carbocycles. The molecule has 2 amide bonds. The van der Waals surface area contributed by atoms with E-state index < -0.39 is 46.9 Å². The summed E-state index contributed by atoms with van der Waals surface area (Å²) < 4.78 is 6.30. The Labute approximate surface area is 200 Å². The molecule has 1 spiro atoms. The van der Waals surface area contributed by atoms with Gasteiger partial charge in [-0.25, -0.2) is 4.90 Å². The van der Waals surface area contributed by atoms with Gasteiger partial charge >= 0.3 is 0 Å². The van der Waals surface area contributed by atoms with Gasteiger partial charge in [-0.05, 0) is 36.2 Å². The summed E-state index contributed by atoms with van der Waals surface area (Å²) in [6.07, 6.45) is -0.990. The van der Waals surface area contributed by atoms with Crippen LogP contribution >= 0.6 is 11.6 Å². The zero-order chi connectivity index (χ0) is 23.8. The third-order valence-electron chi connectivity index (χ3n) is 7.15. The van der Waals surface area contributed by atoms with Crippen molar-refractivity contribution in [3.63, 3.8) is 0 Å². The normalized spacial score (nSPS) is 24.8. The lowest BCUT2D eigenvalue weighted by atomic mass is 9.77. The minimum atomic E-state index is -2.09. The number of benzene rings is 3. The van der Waals surface area contributed by atoms with Crippen LogP contribution in [0.5, 0.6) is 0 Å². The first kappa shape index (κ1) is 21.0. The van der Waals surface area contributed by atoms with Crippen molar-refractivity contribution in [2.75, 3.05) is 4.90 Å². The Bertz CT molecular complexity index is 1380. The molecule has 2 aliphatic heterocycles. The highest BCUT2D eigenvalue weighted by molar-refractivity contribution is 6.37. The number of ketones is 2. The van der Waals surface area contributed by atoms with Gasteiger partial charge in [-0.1, -0.05) is 66.2 Å². The van der Waals surface area contributed by atoms with E-state index in [0.717, 1.165) is 4.90 Å². The van der Waals surface area contributed by atoms with Crippen LogP contribution in [0.1, 0.15) is 37.9 Å². The highest BCUT2D eigenvalue weighted by Crippen LogP contribution is 2.58. The number of carbonyl (C=O) groups is 4. The molecule has 3 aromatic carbocycles. The van der Waals surface area contributed by atoms with Crippen molar-refractivity contribution >= 4 is 40.7 Å². The molecule has 0 N–H and O–H groups in total. The summed E-state index contributed by atoms with van der Waals surface area (Å²) in [4.78, 5) is 56.2. The molecule has 1 aliphatic carbocycles. The van der Waals surface area contributed by atoms with Crippen molar-refractivity contribution in [2.24, 2.45) is 11.8 Å². The molecule has 3 atom stereocenters. The summed E-state index contributed by atoms with van der Waals surface area (Å²) in [6.45, 7) is 1.78. The van der Waals surface area contributed by atoms with Crippen molar-refractivity contribution in [3.8, 4) is 0 Å². The first-order valence-corrected chi connectivity index (χ1v) is 11.3. The number of anilines is 1. The van der Waals surface area contributed by atoms with Crippen LogP contribution in [0, 0.1) is 18.8 Å². The lowest BCUT2D eigenvalue weighted by Gasteiger charge is -2.27. The average molecular weight is 472 g/mol. The number of amides is 2. The Morgan fingerprint density at radius 3 is 2.06 bits per heavy atom. The van der Waals surface area contributed by atoms with Crippen LogP contribution in [-0.4, -0.2) is 29.0 Å². The van der Waals surface area contributed by atoms with Crippen molar-refractivity contribution in [1.29, 1.82) is 0 Å². The molecule has 34 heavy (non-hydrogen) atoms. The minimum absolute atomic E-state index is 0.202. The lowest BCUT2D eigenvalue weighted by Crippen LogP contribution is -2.51. The van der Waals surface area contributed by atoms with Crippen LogP contribution in [0.2, 0.25) is 5.02 Å². The Balaban J connectivity index is 1.58. The SMILES string of the molecule is Cc1c(Cl)cccc1[C@@H]1OC2(C(=O)c3ccccc3C2=O)[C@H]2C(=O)N(c3ccccc3)C(=O)[C@H]12. The highest BCUT2D eigenvalue weighted by Gasteiger charge is 2.74. The molecule has 6 rings (SSSR count). The number of carbonyl (C=O) groups excluding carboxylic acids is 4. The van der Waals surface area contributed by atoms with E-state index >= 15 is 0 Å². The Kier molecular flexibility index (Phi) is 4.43. The Morgan fingerprint density at radius 1 is 0.794 bits per heavy atom. The van der Waals surface area contributed by atoms with Crippen LogP contribution in [0.4, 0.5) is 5.69 Å². The lowest BCUT2D eigenvalue weighted by molar-refractivity contribution is -0.127. The maximum Gasteiger partial charge on any atom is 0.241 e. The number of para-hydroxylation sites is 1. The second-order valence-electron chi connectivity index (χ2n) is 8.78. The molecular formula is C27H18ClNO5. The third kappa shape index (κ3) is 2.50. The number of nitrogens with zero attached hydrogens (tertiary/aromatic N) is 1. The highest BCUT2D eigenvalue weighted by atomic mass is 35.5. The van der Waals surface area contributed by atoms with Gasteiger partial charge in [0.25, 0.3) is 0 Å². The molecule has 3 aliphatic rings. The monoisotopic (exact) mass is 471 g/mol. The predicted octanol–water partition coefficient (Wildman–Crippen LogP) is 4.34. The summed E-state index contributed by atoms with van der Waals surface area (Å²) in [5.74, 6) is -4.61. The van der Waals surface area contributed by atoms with E-state index in [9.17, 15) is 19.2 Å². The van der Waals surface area contributed by atoms with Gasteiger partial charge in [0, 0.05) is 16.1 Å². The van der Waals surface area contributed by atoms with Gasteiger partial charge in [-0.3, -0.25) is 19.2 Å². The summed E-state index contributed by atoms with van der Waals surface area (Å²) in [5.41, 5.74) is -0.0598. The maximum atomic E-state index is 13.8. The number of Topliss-reactive ketones (excluding diaryl/α,β-unsaturated/α-hetero) is 2. The maximum absolute atomic E-state index is 13.8. The van der Waals surface area contributed by atoms with Crippen molar-refractivity contribution in [3.05, 3.63) is 100 Å². The Morgan fingerprint density at radius 2 is 1.41 bits per heavy atom. The predicted molar refractivity (Wildman–Crippen MR) is 124 cm³/mol. The molecule has 0 unspecified atom stereocenters. The molecule has 168 valence electrons. The van der Waals surface area contributed by atoms with Gasteiger partial charge in [0.2, 0.25) is 29.0 Å². The molecule has 2 saturated heterocycles. The fourth-order valence-electron chi connectivity index (χ4n) is 5.56. The zero-order valence-corrected chi connectivity index (χ0v) is 18.8. The molecule has 3 aromatic rings. The van der Waals surface area contributed by atoms with Crippen molar-refractivity contribution in [1.82, 2.24) is 0 Å². The topological polar surface area (TPSA) is 80.8 Å². The fraction of sp³-hybridized carbons (Fsp3) is 0.185. The smallest absolute Gasteiger partial charge is 0.241 e. The van der Waals surface area contributed by atoms with E-state index in [1.165, 1.54) is 0 Å². The second-order valence-corrected chi connectivity index (χ2v) is 9.19. The molecule has 2 fully saturated rings. The molecular weight excluding hydrogens is 454 g/mol. The number of hydrogen-bond donors (Lipinski definition) is 0. The van der Waals surface area contributed by atoms with Crippen LogP contribution in [0.15, 0.2) is 72.8 Å². The fourth-order valence-corrected chi connectivity index (χ4v) is 5.75. The molecule has 0 radical (unpaired) electrons. The Hall–Kier alpha value is -3.61. The summed E-state index contributed by atoms with van der Waals surface area (Å²) in [7, 11) is 0. The molecule has 6 nitrogen and oxygen atoms in total. The first-order chi connectivity index (χ1) is 16.4. The third-order valence-corrected chi connectivity index (χ3v) is 7.56. The summed E-state index contributed by atoms with van der Waals surface area (Å²) >= 11 is 6.35. The minimum Gasteiger partial charge on any atom is -0.349 e. The summed E-state index contributed by atoms with van der Waals surface area (Å²) in [6, 6.07) is 20.1. The second kappa shape index (κ2) is 7.19. The standard InChI is InChI=1S/C27H18ClNO5/c1-14-16(12-7-13-19(14)28)22-20-21(26(33)29(25(20)32)15-8-3-2-4-9-15)27(34-22)23(30)17-10-5-6-11-18(17)24(27)31/h2-13,20-22H,1H3/t20-,21+,22-/m0/s1. The molecule has 0 bridgehead atoms. The van der Waals surface area contributed by atoms with Crippen LogP contribution < -0.4 is 4.90 Å². The van der Waals surface area contributed by atoms with E-state index in [2.05, 4.69) is 0 Å². The van der Waals surface area contributed by atoms with Gasteiger partial charge < -0.3 is 4.74 Å². The van der Waals surface area contributed by atoms with E-state index in [-0.39, 0.29) is 11.1 Å². The van der Waals surface area contributed by atoms with Crippen LogP contribution in [0.3, 0.4) is 0 Å². The van der Waals surface area contributed by atoms with E-state index in [1.54, 1.807) is 79.7 Å². The van der Waals surface area contributed by atoms with Crippen LogP contribution in [-0.2, 0) is 14.3 Å². The van der Waals surface area contributed by atoms with E-state index in [4.69, 9.17) is 16.3 Å². The number of rotatable bonds is 2. The quantitative estimate of drug-likeness (QED) is 0.410. The molecule has 0 aromatic heterocycles. The number of halogens is 1. The number of imide groups is 1. The van der Waals surface area contributed by atoms with Crippen molar-refractivity contribution < 1.29 is 23.9 Å². The number of ether oxygens (including phenoxy) is 1. The largest absolute Gasteiger partial charge is 0.349 e. The van der Waals surface area contributed by atoms with Gasteiger partial charge in [0.1, 0.15) is 0 Å². The average Bonchev–Trinajstić information content (AvgIpc) is 3.41. The van der Waals surface area contributed by atoms with Gasteiger partial charge in [0.05, 0.1) is 23.6 Å².